The topological polar surface area (TPSA) is 102 Å². The molecule has 1 unspecified atom stereocenters. The zero-order valence-corrected chi connectivity index (χ0v) is 14.6. The second-order valence-electron chi connectivity index (χ2n) is 6.74. The molecule has 1 aliphatic carbocycles. The van der Waals surface area contributed by atoms with Gasteiger partial charge in [-0.2, -0.15) is 0 Å². The predicted octanol–water partition coefficient (Wildman–Crippen LogP) is 1.35. The molecule has 1 rings (SSSR count). The van der Waals surface area contributed by atoms with Crippen LogP contribution in [0.3, 0.4) is 0 Å². The van der Waals surface area contributed by atoms with E-state index in [2.05, 4.69) is 5.32 Å². The molecule has 0 aromatic heterocycles. The van der Waals surface area contributed by atoms with Gasteiger partial charge < -0.3 is 20.9 Å². The van der Waals surface area contributed by atoms with Crippen LogP contribution in [0.15, 0.2) is 0 Å². The van der Waals surface area contributed by atoms with E-state index in [1.807, 2.05) is 13.8 Å². The summed E-state index contributed by atoms with van der Waals surface area (Å²) < 4.78 is 4.73. The second kappa shape index (κ2) is 9.88. The fourth-order valence-electron chi connectivity index (χ4n) is 3.17. The SMILES string of the molecule is CCC(C)[C@H](NC(=O)[C@@H](O)[C@H](N)CC1CCCCC1)C(=O)OC. The average Bonchev–Trinajstić information content (AvgIpc) is 2.58. The van der Waals surface area contributed by atoms with Crippen LogP contribution in [0.1, 0.15) is 58.8 Å². The summed E-state index contributed by atoms with van der Waals surface area (Å²) in [6, 6.07) is -1.36. The lowest BCUT2D eigenvalue weighted by Crippen LogP contribution is -2.53. The van der Waals surface area contributed by atoms with Crippen LogP contribution < -0.4 is 11.1 Å². The summed E-state index contributed by atoms with van der Waals surface area (Å²) in [5.41, 5.74) is 6.01. The molecular formula is C17H32N2O4. The van der Waals surface area contributed by atoms with E-state index in [0.717, 1.165) is 12.8 Å². The van der Waals surface area contributed by atoms with Gasteiger partial charge in [-0.05, 0) is 18.3 Å². The van der Waals surface area contributed by atoms with Gasteiger partial charge in [-0.1, -0.05) is 52.4 Å². The average molecular weight is 328 g/mol. The largest absolute Gasteiger partial charge is 0.467 e. The van der Waals surface area contributed by atoms with E-state index in [9.17, 15) is 14.7 Å². The minimum Gasteiger partial charge on any atom is -0.467 e. The van der Waals surface area contributed by atoms with Crippen molar-refractivity contribution in [3.63, 3.8) is 0 Å². The fourth-order valence-corrected chi connectivity index (χ4v) is 3.17. The Morgan fingerprint density at radius 1 is 1.30 bits per heavy atom. The molecule has 4 atom stereocenters. The minimum atomic E-state index is -1.30. The molecule has 0 spiro atoms. The molecule has 4 N–H and O–H groups in total. The summed E-state index contributed by atoms with van der Waals surface area (Å²) in [6.07, 6.45) is 5.92. The molecule has 1 saturated carbocycles. The van der Waals surface area contributed by atoms with E-state index in [1.54, 1.807) is 0 Å². The van der Waals surface area contributed by atoms with Crippen molar-refractivity contribution < 1.29 is 19.4 Å². The van der Waals surface area contributed by atoms with Crippen LogP contribution in [0, 0.1) is 11.8 Å². The van der Waals surface area contributed by atoms with Gasteiger partial charge in [-0.25, -0.2) is 4.79 Å². The maximum absolute atomic E-state index is 12.2. The number of aliphatic hydroxyl groups is 1. The number of hydrogen-bond donors (Lipinski definition) is 3. The van der Waals surface area contributed by atoms with Gasteiger partial charge in [-0.15, -0.1) is 0 Å². The Morgan fingerprint density at radius 2 is 1.91 bits per heavy atom. The van der Waals surface area contributed by atoms with E-state index in [0.29, 0.717) is 18.8 Å². The number of amides is 1. The molecular weight excluding hydrogens is 296 g/mol. The maximum atomic E-state index is 12.2. The van der Waals surface area contributed by atoms with E-state index >= 15 is 0 Å². The van der Waals surface area contributed by atoms with Gasteiger partial charge in [0.1, 0.15) is 12.1 Å². The number of rotatable bonds is 8. The first-order chi connectivity index (χ1) is 10.9. The molecule has 1 amide bonds. The fraction of sp³-hybridized carbons (Fsp3) is 0.882. The maximum Gasteiger partial charge on any atom is 0.328 e. The molecule has 0 heterocycles. The third-order valence-electron chi connectivity index (χ3n) is 4.97. The lowest BCUT2D eigenvalue weighted by molar-refractivity contribution is -0.148. The Kier molecular flexibility index (Phi) is 8.55. The number of carbonyl (C=O) groups excluding carboxylic acids is 2. The summed E-state index contributed by atoms with van der Waals surface area (Å²) in [5.74, 6) is -0.690. The number of aliphatic hydroxyl groups excluding tert-OH is 1. The number of nitrogens with one attached hydrogen (secondary N) is 1. The van der Waals surface area contributed by atoms with Gasteiger partial charge in [0.2, 0.25) is 0 Å². The van der Waals surface area contributed by atoms with Crippen molar-refractivity contribution in [3.8, 4) is 0 Å². The summed E-state index contributed by atoms with van der Waals surface area (Å²) in [6.45, 7) is 3.79. The third-order valence-corrected chi connectivity index (χ3v) is 4.97. The van der Waals surface area contributed by atoms with Crippen LogP contribution in [0.2, 0.25) is 0 Å². The lowest BCUT2D eigenvalue weighted by Gasteiger charge is -2.28. The minimum absolute atomic E-state index is 0.0758. The van der Waals surface area contributed by atoms with Crippen molar-refractivity contribution >= 4 is 11.9 Å². The molecule has 0 radical (unpaired) electrons. The van der Waals surface area contributed by atoms with Crippen LogP contribution in [-0.4, -0.2) is 42.3 Å². The Hall–Kier alpha value is -1.14. The molecule has 6 nitrogen and oxygen atoms in total. The summed E-state index contributed by atoms with van der Waals surface area (Å²) in [5, 5.41) is 12.8. The van der Waals surface area contributed by atoms with Crippen LogP contribution in [0.5, 0.6) is 0 Å². The van der Waals surface area contributed by atoms with E-state index in [4.69, 9.17) is 10.5 Å². The Bertz CT molecular complexity index is 383. The van der Waals surface area contributed by atoms with Crippen LogP contribution >= 0.6 is 0 Å². The smallest absolute Gasteiger partial charge is 0.328 e. The number of carbonyl (C=O) groups is 2. The highest BCUT2D eigenvalue weighted by Crippen LogP contribution is 2.27. The Labute approximate surface area is 139 Å². The standard InChI is InChI=1S/C17H32N2O4/c1-4-11(2)14(17(22)23-3)19-16(21)15(20)13(18)10-12-8-6-5-7-9-12/h11-15,20H,4-10,18H2,1-3H3,(H,19,21)/t11?,13-,14+,15+/m1/s1. The zero-order chi connectivity index (χ0) is 17.4. The van der Waals surface area contributed by atoms with Crippen molar-refractivity contribution in [2.45, 2.75) is 77.0 Å². The van der Waals surface area contributed by atoms with Crippen LogP contribution in [-0.2, 0) is 14.3 Å². The highest BCUT2D eigenvalue weighted by atomic mass is 16.5. The van der Waals surface area contributed by atoms with Gasteiger partial charge in [0, 0.05) is 6.04 Å². The molecule has 23 heavy (non-hydrogen) atoms. The van der Waals surface area contributed by atoms with Crippen molar-refractivity contribution in [2.75, 3.05) is 7.11 Å². The first-order valence-corrected chi connectivity index (χ1v) is 8.72. The molecule has 0 bridgehead atoms. The summed E-state index contributed by atoms with van der Waals surface area (Å²) in [4.78, 5) is 24.0. The van der Waals surface area contributed by atoms with Crippen molar-refractivity contribution in [3.05, 3.63) is 0 Å². The highest BCUT2D eigenvalue weighted by Gasteiger charge is 2.32. The normalized spacial score (nSPS) is 21.1. The molecule has 1 fully saturated rings. The Morgan fingerprint density at radius 3 is 2.43 bits per heavy atom. The summed E-state index contributed by atoms with van der Waals surface area (Å²) in [7, 11) is 1.29. The van der Waals surface area contributed by atoms with E-state index < -0.39 is 30.1 Å². The molecule has 0 aromatic rings. The van der Waals surface area contributed by atoms with Crippen LogP contribution in [0.4, 0.5) is 0 Å². The zero-order valence-electron chi connectivity index (χ0n) is 14.6. The first kappa shape index (κ1) is 19.9. The number of ether oxygens (including phenoxy) is 1. The Balaban J connectivity index is 2.57. The number of nitrogens with two attached hydrogens (primary N) is 1. The van der Waals surface area contributed by atoms with Gasteiger partial charge >= 0.3 is 5.97 Å². The predicted molar refractivity (Wildman–Crippen MR) is 88.6 cm³/mol. The molecule has 134 valence electrons. The number of esters is 1. The van der Waals surface area contributed by atoms with Crippen molar-refractivity contribution in [2.24, 2.45) is 17.6 Å². The number of methoxy groups -OCH3 is 1. The van der Waals surface area contributed by atoms with Gasteiger partial charge in [-0.3, -0.25) is 4.79 Å². The van der Waals surface area contributed by atoms with Gasteiger partial charge in [0.25, 0.3) is 5.91 Å². The summed E-state index contributed by atoms with van der Waals surface area (Å²) >= 11 is 0. The highest BCUT2D eigenvalue weighted by molar-refractivity contribution is 5.87. The molecule has 1 aliphatic rings. The van der Waals surface area contributed by atoms with E-state index in [-0.39, 0.29) is 5.92 Å². The lowest BCUT2D eigenvalue weighted by atomic mass is 9.84. The monoisotopic (exact) mass is 328 g/mol. The van der Waals surface area contributed by atoms with Crippen LogP contribution in [0.25, 0.3) is 0 Å². The van der Waals surface area contributed by atoms with E-state index in [1.165, 1.54) is 26.4 Å². The third kappa shape index (κ3) is 6.11. The first-order valence-electron chi connectivity index (χ1n) is 8.72. The van der Waals surface area contributed by atoms with Crippen molar-refractivity contribution in [1.82, 2.24) is 5.32 Å². The molecule has 0 aromatic carbocycles. The van der Waals surface area contributed by atoms with Gasteiger partial charge in [0.15, 0.2) is 0 Å². The molecule has 0 saturated heterocycles. The number of hydrogen-bond acceptors (Lipinski definition) is 5. The second-order valence-corrected chi connectivity index (χ2v) is 6.74. The van der Waals surface area contributed by atoms with Gasteiger partial charge in [0.05, 0.1) is 7.11 Å². The van der Waals surface area contributed by atoms with Crippen molar-refractivity contribution in [1.29, 1.82) is 0 Å². The quantitative estimate of drug-likeness (QED) is 0.584. The molecule has 6 heteroatoms. The molecule has 0 aliphatic heterocycles.